The number of hydrogen-bond acceptors (Lipinski definition) is 4. The lowest BCUT2D eigenvalue weighted by atomic mass is 10.2. The highest BCUT2D eigenvalue weighted by molar-refractivity contribution is 7.99. The molecule has 2 heterocycles. The zero-order valence-corrected chi connectivity index (χ0v) is 14.0. The van der Waals surface area contributed by atoms with Gasteiger partial charge in [0.25, 0.3) is 0 Å². The maximum absolute atomic E-state index is 10.3. The predicted octanol–water partition coefficient (Wildman–Crippen LogP) is 2.92. The van der Waals surface area contributed by atoms with Crippen LogP contribution in [0.15, 0.2) is 66.1 Å². The molecule has 4 nitrogen and oxygen atoms in total. The highest BCUT2D eigenvalue weighted by Gasteiger charge is 2.11. The number of rotatable bonds is 7. The summed E-state index contributed by atoms with van der Waals surface area (Å²) in [5.41, 5.74) is 2.33. The zero-order valence-electron chi connectivity index (χ0n) is 13.2. The van der Waals surface area contributed by atoms with Crippen molar-refractivity contribution < 1.29 is 5.11 Å². The van der Waals surface area contributed by atoms with Crippen molar-refractivity contribution >= 4 is 17.3 Å². The fourth-order valence-electron chi connectivity index (χ4n) is 2.57. The van der Waals surface area contributed by atoms with Gasteiger partial charge in [-0.25, -0.2) is 4.98 Å². The SMILES string of the molecule is CN(Cc1ccccc1)CC(O)CSc1ncc2ccccn12. The van der Waals surface area contributed by atoms with Gasteiger partial charge >= 0.3 is 0 Å². The van der Waals surface area contributed by atoms with Crippen molar-refractivity contribution in [2.75, 3.05) is 19.3 Å². The largest absolute Gasteiger partial charge is 0.391 e. The Balaban J connectivity index is 1.50. The van der Waals surface area contributed by atoms with Gasteiger partial charge in [-0.15, -0.1) is 0 Å². The molecule has 5 heteroatoms. The number of aliphatic hydroxyl groups excluding tert-OH is 1. The minimum absolute atomic E-state index is 0.384. The van der Waals surface area contributed by atoms with Gasteiger partial charge in [-0.05, 0) is 24.7 Å². The number of likely N-dealkylation sites (N-methyl/N-ethyl adjacent to an activating group) is 1. The quantitative estimate of drug-likeness (QED) is 0.678. The van der Waals surface area contributed by atoms with Gasteiger partial charge in [0.2, 0.25) is 0 Å². The van der Waals surface area contributed by atoms with Crippen molar-refractivity contribution in [3.63, 3.8) is 0 Å². The molecule has 120 valence electrons. The molecule has 0 aliphatic carbocycles. The van der Waals surface area contributed by atoms with Gasteiger partial charge in [-0.2, -0.15) is 0 Å². The molecule has 0 bridgehead atoms. The highest BCUT2D eigenvalue weighted by atomic mass is 32.2. The van der Waals surface area contributed by atoms with Crippen molar-refractivity contribution in [3.05, 3.63) is 66.5 Å². The van der Waals surface area contributed by atoms with Gasteiger partial charge in [0, 0.05) is 25.0 Å². The zero-order chi connectivity index (χ0) is 16.1. The van der Waals surface area contributed by atoms with Gasteiger partial charge in [0.15, 0.2) is 5.16 Å². The molecule has 1 unspecified atom stereocenters. The first-order chi connectivity index (χ1) is 11.2. The van der Waals surface area contributed by atoms with Crippen LogP contribution in [0.25, 0.3) is 5.52 Å². The predicted molar refractivity (Wildman–Crippen MR) is 94.7 cm³/mol. The first kappa shape index (κ1) is 16.1. The van der Waals surface area contributed by atoms with Crippen molar-refractivity contribution in [1.82, 2.24) is 14.3 Å². The van der Waals surface area contributed by atoms with Gasteiger partial charge in [-0.3, -0.25) is 9.30 Å². The second-order valence-corrected chi connectivity index (χ2v) is 6.67. The number of thioether (sulfide) groups is 1. The Bertz CT molecular complexity index is 744. The molecule has 0 aliphatic rings. The average molecular weight is 327 g/mol. The van der Waals surface area contributed by atoms with Crippen molar-refractivity contribution in [2.24, 2.45) is 0 Å². The van der Waals surface area contributed by atoms with E-state index in [0.29, 0.717) is 12.3 Å². The summed E-state index contributed by atoms with van der Waals surface area (Å²) in [7, 11) is 2.03. The van der Waals surface area contributed by atoms with Gasteiger partial charge in [-0.1, -0.05) is 48.2 Å². The van der Waals surface area contributed by atoms with Crippen LogP contribution >= 0.6 is 11.8 Å². The summed E-state index contributed by atoms with van der Waals surface area (Å²) in [5.74, 6) is 0.632. The van der Waals surface area contributed by atoms with Crippen LogP contribution in [-0.4, -0.2) is 44.8 Å². The smallest absolute Gasteiger partial charge is 0.172 e. The Morgan fingerprint density at radius 1 is 1.17 bits per heavy atom. The first-order valence-electron chi connectivity index (χ1n) is 7.68. The third kappa shape index (κ3) is 4.34. The van der Waals surface area contributed by atoms with Crippen LogP contribution in [-0.2, 0) is 6.54 Å². The highest BCUT2D eigenvalue weighted by Crippen LogP contribution is 2.19. The molecular formula is C18H21N3OS. The van der Waals surface area contributed by atoms with E-state index in [4.69, 9.17) is 0 Å². The number of hydrogen-bond donors (Lipinski definition) is 1. The minimum Gasteiger partial charge on any atom is -0.391 e. The molecule has 0 aliphatic heterocycles. The molecule has 0 saturated carbocycles. The molecule has 1 aromatic carbocycles. The lowest BCUT2D eigenvalue weighted by Crippen LogP contribution is -2.30. The van der Waals surface area contributed by atoms with Crippen LogP contribution < -0.4 is 0 Å². The van der Waals surface area contributed by atoms with E-state index in [1.54, 1.807) is 11.8 Å². The van der Waals surface area contributed by atoms with E-state index in [1.165, 1.54) is 5.56 Å². The van der Waals surface area contributed by atoms with E-state index >= 15 is 0 Å². The molecule has 23 heavy (non-hydrogen) atoms. The number of imidazole rings is 1. The second kappa shape index (κ2) is 7.64. The maximum Gasteiger partial charge on any atom is 0.172 e. The number of benzene rings is 1. The molecule has 1 N–H and O–H groups in total. The van der Waals surface area contributed by atoms with Crippen LogP contribution in [0.1, 0.15) is 5.56 Å². The summed E-state index contributed by atoms with van der Waals surface area (Å²) in [6.45, 7) is 1.49. The number of pyridine rings is 1. The van der Waals surface area contributed by atoms with E-state index < -0.39 is 0 Å². The number of fused-ring (bicyclic) bond motifs is 1. The molecular weight excluding hydrogens is 306 g/mol. The Labute approximate surface area is 140 Å². The van der Waals surface area contributed by atoms with E-state index in [0.717, 1.165) is 17.2 Å². The first-order valence-corrected chi connectivity index (χ1v) is 8.66. The van der Waals surface area contributed by atoms with E-state index in [2.05, 4.69) is 22.0 Å². The van der Waals surface area contributed by atoms with Crippen LogP contribution in [0, 0.1) is 0 Å². The standard InChI is InChI=1S/C18H21N3OS/c1-20(12-15-7-3-2-4-8-15)13-17(22)14-23-18-19-11-16-9-5-6-10-21(16)18/h2-11,17,22H,12-14H2,1H3. The molecule has 0 radical (unpaired) electrons. The fraction of sp³-hybridized carbons (Fsp3) is 0.278. The molecule has 3 aromatic rings. The van der Waals surface area contributed by atoms with Crippen molar-refractivity contribution in [1.29, 1.82) is 0 Å². The third-order valence-corrected chi connectivity index (χ3v) is 4.74. The topological polar surface area (TPSA) is 40.8 Å². The lowest BCUT2D eigenvalue weighted by molar-refractivity contribution is 0.142. The van der Waals surface area contributed by atoms with Crippen LogP contribution in [0.4, 0.5) is 0 Å². The van der Waals surface area contributed by atoms with Crippen LogP contribution in [0.5, 0.6) is 0 Å². The lowest BCUT2D eigenvalue weighted by Gasteiger charge is -2.20. The van der Waals surface area contributed by atoms with E-state index in [9.17, 15) is 5.11 Å². The van der Waals surface area contributed by atoms with Gasteiger partial charge in [0.1, 0.15) is 0 Å². The molecule has 0 fully saturated rings. The average Bonchev–Trinajstić information content (AvgIpc) is 2.97. The van der Waals surface area contributed by atoms with Crippen LogP contribution in [0.2, 0.25) is 0 Å². The normalized spacial score (nSPS) is 12.8. The summed E-state index contributed by atoms with van der Waals surface area (Å²) in [4.78, 5) is 6.56. The Kier molecular flexibility index (Phi) is 5.33. The van der Waals surface area contributed by atoms with E-state index in [1.807, 2.05) is 60.2 Å². The molecule has 2 aromatic heterocycles. The summed E-state index contributed by atoms with van der Waals surface area (Å²) < 4.78 is 2.05. The second-order valence-electron chi connectivity index (χ2n) is 5.68. The summed E-state index contributed by atoms with van der Waals surface area (Å²) in [6.07, 6.45) is 3.47. The monoisotopic (exact) mass is 327 g/mol. The summed E-state index contributed by atoms with van der Waals surface area (Å²) >= 11 is 1.59. The fourth-order valence-corrected chi connectivity index (χ4v) is 3.45. The maximum atomic E-state index is 10.3. The van der Waals surface area contributed by atoms with Crippen molar-refractivity contribution in [3.8, 4) is 0 Å². The Morgan fingerprint density at radius 2 is 1.96 bits per heavy atom. The minimum atomic E-state index is -0.384. The van der Waals surface area contributed by atoms with Crippen LogP contribution in [0.3, 0.4) is 0 Å². The molecule has 3 rings (SSSR count). The molecule has 0 spiro atoms. The Hall–Kier alpha value is -1.82. The summed E-state index contributed by atoms with van der Waals surface area (Å²) in [6, 6.07) is 16.3. The molecule has 0 amide bonds. The van der Waals surface area contributed by atoms with Gasteiger partial charge < -0.3 is 5.11 Å². The summed E-state index contributed by atoms with van der Waals surface area (Å²) in [5, 5.41) is 11.2. The third-order valence-electron chi connectivity index (χ3n) is 3.63. The number of aliphatic hydroxyl groups is 1. The Morgan fingerprint density at radius 3 is 2.78 bits per heavy atom. The van der Waals surface area contributed by atoms with Gasteiger partial charge in [0.05, 0.1) is 17.8 Å². The number of nitrogens with zero attached hydrogens (tertiary/aromatic N) is 3. The molecule has 0 saturated heterocycles. The van der Waals surface area contributed by atoms with E-state index in [-0.39, 0.29) is 6.10 Å². The number of aromatic nitrogens is 2. The molecule has 1 atom stereocenters. The van der Waals surface area contributed by atoms with Crippen molar-refractivity contribution in [2.45, 2.75) is 17.8 Å².